The van der Waals surface area contributed by atoms with Gasteiger partial charge >= 0.3 is 0 Å². The van der Waals surface area contributed by atoms with Gasteiger partial charge in [-0.15, -0.1) is 0 Å². The van der Waals surface area contributed by atoms with Crippen molar-refractivity contribution in [1.29, 1.82) is 0 Å². The van der Waals surface area contributed by atoms with E-state index < -0.39 is 9.84 Å². The predicted octanol–water partition coefficient (Wildman–Crippen LogP) is 1.28. The minimum Gasteiger partial charge on any atom is -0.271 e. The third-order valence-corrected chi connectivity index (χ3v) is 5.19. The van der Waals surface area contributed by atoms with Gasteiger partial charge < -0.3 is 0 Å². The molecule has 0 aromatic heterocycles. The molecule has 0 spiro atoms. The molecule has 1 aromatic carbocycles. The molecule has 0 saturated carbocycles. The molecule has 2 unspecified atom stereocenters. The number of hydrazine groups is 1. The third-order valence-electron chi connectivity index (χ3n) is 3.15. The Bertz CT molecular complexity index is 487. The Morgan fingerprint density at radius 1 is 1.35 bits per heavy atom. The minimum atomic E-state index is -2.89. The molecule has 1 aliphatic rings. The Balaban J connectivity index is 2.20. The third kappa shape index (κ3) is 2.98. The predicted molar refractivity (Wildman–Crippen MR) is 68.3 cm³/mol. The highest BCUT2D eigenvalue weighted by atomic mass is 35.5. The molecule has 1 fully saturated rings. The monoisotopic (exact) mass is 274 g/mol. The average Bonchev–Trinajstić information content (AvgIpc) is 2.63. The Morgan fingerprint density at radius 2 is 2.00 bits per heavy atom. The zero-order valence-corrected chi connectivity index (χ0v) is 10.8. The van der Waals surface area contributed by atoms with Crippen LogP contribution in [0.5, 0.6) is 0 Å². The molecule has 0 bridgehead atoms. The SMILES string of the molecule is NNC(c1ccc(Cl)cc1)C1CCS(=O)(=O)C1. The van der Waals surface area contributed by atoms with Crippen molar-refractivity contribution in [2.75, 3.05) is 11.5 Å². The van der Waals surface area contributed by atoms with Crippen LogP contribution in [0.3, 0.4) is 0 Å². The van der Waals surface area contributed by atoms with E-state index in [1.54, 1.807) is 12.1 Å². The lowest BCUT2D eigenvalue weighted by molar-refractivity contribution is 0.399. The van der Waals surface area contributed by atoms with E-state index in [2.05, 4.69) is 5.43 Å². The zero-order chi connectivity index (χ0) is 12.5. The first-order chi connectivity index (χ1) is 8.02. The summed E-state index contributed by atoms with van der Waals surface area (Å²) in [6, 6.07) is 7.18. The Hall–Kier alpha value is -0.620. The van der Waals surface area contributed by atoms with Crippen LogP contribution in [0.2, 0.25) is 5.02 Å². The maximum absolute atomic E-state index is 11.5. The molecule has 94 valence electrons. The summed E-state index contributed by atoms with van der Waals surface area (Å²) in [7, 11) is -2.89. The van der Waals surface area contributed by atoms with E-state index in [0.29, 0.717) is 11.4 Å². The second-order valence-corrected chi connectivity index (χ2v) is 7.02. The maximum atomic E-state index is 11.5. The van der Waals surface area contributed by atoms with Crippen LogP contribution in [0.25, 0.3) is 0 Å². The molecule has 2 rings (SSSR count). The standard InChI is InChI=1S/C11H15ClN2O2S/c12-10-3-1-8(2-4-10)11(14-13)9-5-6-17(15,16)7-9/h1-4,9,11,14H,5-7,13H2. The highest BCUT2D eigenvalue weighted by Gasteiger charge is 2.33. The fourth-order valence-electron chi connectivity index (χ4n) is 2.26. The van der Waals surface area contributed by atoms with Crippen molar-refractivity contribution in [3.8, 4) is 0 Å². The quantitative estimate of drug-likeness (QED) is 0.643. The van der Waals surface area contributed by atoms with Crippen LogP contribution in [-0.2, 0) is 9.84 Å². The van der Waals surface area contributed by atoms with Gasteiger partial charge in [-0.3, -0.25) is 11.3 Å². The number of hydrogen-bond acceptors (Lipinski definition) is 4. The van der Waals surface area contributed by atoms with Crippen LogP contribution in [0, 0.1) is 5.92 Å². The molecule has 6 heteroatoms. The summed E-state index contributed by atoms with van der Waals surface area (Å²) >= 11 is 5.82. The number of hydrogen-bond donors (Lipinski definition) is 2. The summed E-state index contributed by atoms with van der Waals surface area (Å²) in [6.45, 7) is 0. The van der Waals surface area contributed by atoms with Gasteiger partial charge in [0.05, 0.1) is 11.5 Å². The van der Waals surface area contributed by atoms with E-state index in [-0.39, 0.29) is 23.5 Å². The molecule has 17 heavy (non-hydrogen) atoms. The normalized spacial score (nSPS) is 24.7. The van der Waals surface area contributed by atoms with E-state index in [1.807, 2.05) is 12.1 Å². The van der Waals surface area contributed by atoms with Crippen molar-refractivity contribution >= 4 is 21.4 Å². The molecule has 2 atom stereocenters. The Labute approximate surface area is 106 Å². The summed E-state index contributed by atoms with van der Waals surface area (Å²) in [4.78, 5) is 0. The fraction of sp³-hybridized carbons (Fsp3) is 0.455. The first-order valence-electron chi connectivity index (χ1n) is 5.44. The van der Waals surface area contributed by atoms with Gasteiger partial charge in [0.15, 0.2) is 9.84 Å². The molecule has 3 N–H and O–H groups in total. The zero-order valence-electron chi connectivity index (χ0n) is 9.27. The van der Waals surface area contributed by atoms with Crippen molar-refractivity contribution in [3.05, 3.63) is 34.9 Å². The summed E-state index contributed by atoms with van der Waals surface area (Å²) in [5.41, 5.74) is 3.68. The molecule has 0 amide bonds. The lowest BCUT2D eigenvalue weighted by atomic mass is 9.93. The number of nitrogens with one attached hydrogen (secondary N) is 1. The van der Waals surface area contributed by atoms with Crippen LogP contribution in [0.1, 0.15) is 18.0 Å². The van der Waals surface area contributed by atoms with Crippen molar-refractivity contribution in [1.82, 2.24) is 5.43 Å². The number of sulfone groups is 1. The second kappa shape index (κ2) is 4.94. The molecule has 1 aromatic rings. The maximum Gasteiger partial charge on any atom is 0.150 e. The van der Waals surface area contributed by atoms with Gasteiger partial charge in [0.1, 0.15) is 0 Å². The van der Waals surface area contributed by atoms with Gasteiger partial charge in [-0.25, -0.2) is 8.42 Å². The van der Waals surface area contributed by atoms with Crippen LogP contribution in [-0.4, -0.2) is 19.9 Å². The van der Waals surface area contributed by atoms with Crippen LogP contribution >= 0.6 is 11.6 Å². The highest BCUT2D eigenvalue weighted by molar-refractivity contribution is 7.91. The van der Waals surface area contributed by atoms with E-state index in [1.165, 1.54) is 0 Å². The molecular weight excluding hydrogens is 260 g/mol. The Morgan fingerprint density at radius 3 is 2.47 bits per heavy atom. The fourth-order valence-corrected chi connectivity index (χ4v) is 4.23. The largest absolute Gasteiger partial charge is 0.271 e. The lowest BCUT2D eigenvalue weighted by Gasteiger charge is -2.22. The number of halogens is 1. The summed E-state index contributed by atoms with van der Waals surface area (Å²) in [5, 5.41) is 0.656. The molecule has 1 heterocycles. The van der Waals surface area contributed by atoms with Crippen LogP contribution in [0.4, 0.5) is 0 Å². The summed E-state index contributed by atoms with van der Waals surface area (Å²) < 4.78 is 22.9. The smallest absolute Gasteiger partial charge is 0.150 e. The molecule has 4 nitrogen and oxygen atoms in total. The van der Waals surface area contributed by atoms with E-state index >= 15 is 0 Å². The Kier molecular flexibility index (Phi) is 3.73. The number of nitrogens with two attached hydrogens (primary N) is 1. The van der Waals surface area contributed by atoms with Crippen molar-refractivity contribution < 1.29 is 8.42 Å². The van der Waals surface area contributed by atoms with Gasteiger partial charge in [-0.05, 0) is 30.0 Å². The summed E-state index contributed by atoms with van der Waals surface area (Å²) in [6.07, 6.45) is 0.653. The molecule has 0 radical (unpaired) electrons. The van der Waals surface area contributed by atoms with Crippen LogP contribution < -0.4 is 11.3 Å². The van der Waals surface area contributed by atoms with Gasteiger partial charge in [0, 0.05) is 11.1 Å². The minimum absolute atomic E-state index is 0.0335. The van der Waals surface area contributed by atoms with Crippen molar-refractivity contribution in [2.24, 2.45) is 11.8 Å². The highest BCUT2D eigenvalue weighted by Crippen LogP contribution is 2.31. The van der Waals surface area contributed by atoms with E-state index in [0.717, 1.165) is 5.56 Å². The topological polar surface area (TPSA) is 72.2 Å². The lowest BCUT2D eigenvalue weighted by Crippen LogP contribution is -2.34. The number of rotatable bonds is 3. The number of benzene rings is 1. The first-order valence-corrected chi connectivity index (χ1v) is 7.64. The van der Waals surface area contributed by atoms with Gasteiger partial charge in [0.2, 0.25) is 0 Å². The average molecular weight is 275 g/mol. The van der Waals surface area contributed by atoms with Crippen molar-refractivity contribution in [2.45, 2.75) is 12.5 Å². The van der Waals surface area contributed by atoms with Crippen LogP contribution in [0.15, 0.2) is 24.3 Å². The van der Waals surface area contributed by atoms with Gasteiger partial charge in [-0.2, -0.15) is 0 Å². The van der Waals surface area contributed by atoms with Crippen molar-refractivity contribution in [3.63, 3.8) is 0 Å². The van der Waals surface area contributed by atoms with E-state index in [9.17, 15) is 8.42 Å². The molecular formula is C11H15ClN2O2S. The first kappa shape index (κ1) is 12.8. The van der Waals surface area contributed by atoms with Gasteiger partial charge in [-0.1, -0.05) is 23.7 Å². The van der Waals surface area contributed by atoms with Gasteiger partial charge in [0.25, 0.3) is 0 Å². The van der Waals surface area contributed by atoms with E-state index in [4.69, 9.17) is 17.4 Å². The molecule has 0 aliphatic carbocycles. The second-order valence-electron chi connectivity index (χ2n) is 4.36. The summed E-state index contributed by atoms with van der Waals surface area (Å²) in [5.74, 6) is 6.02. The molecule has 1 aliphatic heterocycles. The molecule has 1 saturated heterocycles.